The van der Waals surface area contributed by atoms with Crippen molar-refractivity contribution in [1.29, 1.82) is 0 Å². The van der Waals surface area contributed by atoms with E-state index in [1.165, 1.54) is 19.3 Å². The van der Waals surface area contributed by atoms with Crippen LogP contribution in [-0.4, -0.2) is 35.6 Å². The molecule has 2 amide bonds. The zero-order valence-corrected chi connectivity index (χ0v) is 15.4. The van der Waals surface area contributed by atoms with Crippen molar-refractivity contribution in [2.75, 3.05) is 6.54 Å². The number of carbonyl (C=O) groups is 2. The first-order valence-corrected chi connectivity index (χ1v) is 9.60. The Labute approximate surface area is 155 Å². The monoisotopic (exact) mass is 357 g/mol. The molecule has 1 aromatic rings. The molecule has 1 aromatic carbocycles. The lowest BCUT2D eigenvalue weighted by molar-refractivity contribution is -0.145. The third-order valence-electron chi connectivity index (χ3n) is 5.12. The van der Waals surface area contributed by atoms with Crippen LogP contribution in [0.3, 0.4) is 0 Å². The summed E-state index contributed by atoms with van der Waals surface area (Å²) in [5, 5.41) is 0. The number of hydrogen-bond donors (Lipinski definition) is 1. The van der Waals surface area contributed by atoms with Crippen LogP contribution in [0.2, 0.25) is 0 Å². The van der Waals surface area contributed by atoms with Crippen molar-refractivity contribution in [3.8, 4) is 0 Å². The average Bonchev–Trinajstić information content (AvgIpc) is 2.67. The van der Waals surface area contributed by atoms with E-state index in [4.69, 9.17) is 5.73 Å². The van der Waals surface area contributed by atoms with E-state index in [9.17, 15) is 14.4 Å². The quantitative estimate of drug-likeness (QED) is 0.737. The third-order valence-corrected chi connectivity index (χ3v) is 5.12. The summed E-state index contributed by atoms with van der Waals surface area (Å²) in [5.74, 6) is -0.338. The predicted molar refractivity (Wildman–Crippen MR) is 101 cm³/mol. The van der Waals surface area contributed by atoms with Gasteiger partial charge in [-0.3, -0.25) is 19.3 Å². The molecule has 1 atom stereocenters. The summed E-state index contributed by atoms with van der Waals surface area (Å²) in [4.78, 5) is 36.8. The van der Waals surface area contributed by atoms with Gasteiger partial charge in [-0.2, -0.15) is 0 Å². The fourth-order valence-electron chi connectivity index (χ4n) is 3.66. The molecule has 5 heteroatoms. The maximum atomic E-state index is 12.6. The number of nitrogens with two attached hydrogens (primary N) is 1. The van der Waals surface area contributed by atoms with Crippen molar-refractivity contribution in [3.63, 3.8) is 0 Å². The molecule has 0 aliphatic heterocycles. The molecular formula is C21H29N2O3. The van der Waals surface area contributed by atoms with E-state index >= 15 is 0 Å². The fraction of sp³-hybridized carbons (Fsp3) is 0.571. The molecule has 5 nitrogen and oxygen atoms in total. The van der Waals surface area contributed by atoms with Gasteiger partial charge < -0.3 is 5.73 Å². The van der Waals surface area contributed by atoms with Gasteiger partial charge in [0, 0.05) is 6.42 Å². The number of imide groups is 1. The summed E-state index contributed by atoms with van der Waals surface area (Å²) < 4.78 is 0. The molecule has 0 saturated heterocycles. The Hall–Kier alpha value is -2.01. The Bertz CT molecular complexity index is 582. The van der Waals surface area contributed by atoms with Crippen LogP contribution in [0.5, 0.6) is 0 Å². The third kappa shape index (κ3) is 6.37. The Morgan fingerprint density at radius 2 is 1.85 bits per heavy atom. The van der Waals surface area contributed by atoms with Gasteiger partial charge in [-0.25, -0.2) is 0 Å². The van der Waals surface area contributed by atoms with Crippen molar-refractivity contribution >= 4 is 18.1 Å². The minimum atomic E-state index is -0.718. The smallest absolute Gasteiger partial charge is 0.246 e. The highest BCUT2D eigenvalue weighted by Gasteiger charge is 2.28. The topological polar surface area (TPSA) is 80.5 Å². The largest absolute Gasteiger partial charge is 0.320 e. The molecule has 1 saturated carbocycles. The van der Waals surface area contributed by atoms with Crippen LogP contribution in [0.1, 0.15) is 56.9 Å². The van der Waals surface area contributed by atoms with E-state index in [0.717, 1.165) is 29.7 Å². The van der Waals surface area contributed by atoms with E-state index in [-0.39, 0.29) is 18.9 Å². The SMILES string of the molecule is N[C@@H](CC1CCCCC1)C(=O)N(C[C]=O)C(=O)CCCc1ccccc1. The van der Waals surface area contributed by atoms with Crippen LogP contribution in [0.15, 0.2) is 30.3 Å². The molecule has 0 bridgehead atoms. The van der Waals surface area contributed by atoms with Crippen LogP contribution in [0.4, 0.5) is 0 Å². The van der Waals surface area contributed by atoms with Crippen molar-refractivity contribution in [1.82, 2.24) is 4.90 Å². The Balaban J connectivity index is 1.85. The van der Waals surface area contributed by atoms with Gasteiger partial charge in [0.25, 0.3) is 0 Å². The van der Waals surface area contributed by atoms with Crippen molar-refractivity contribution in [3.05, 3.63) is 35.9 Å². The van der Waals surface area contributed by atoms with Gasteiger partial charge in [0.1, 0.15) is 0 Å². The number of carbonyl (C=O) groups excluding carboxylic acids is 3. The van der Waals surface area contributed by atoms with Crippen molar-refractivity contribution < 1.29 is 14.4 Å². The fourth-order valence-corrected chi connectivity index (χ4v) is 3.66. The molecule has 0 spiro atoms. The molecule has 26 heavy (non-hydrogen) atoms. The van der Waals surface area contributed by atoms with Crippen LogP contribution < -0.4 is 5.73 Å². The molecule has 2 N–H and O–H groups in total. The zero-order valence-electron chi connectivity index (χ0n) is 15.4. The van der Waals surface area contributed by atoms with E-state index in [2.05, 4.69) is 0 Å². The van der Waals surface area contributed by atoms with E-state index in [1.54, 1.807) is 6.29 Å². The van der Waals surface area contributed by atoms with Gasteiger partial charge in [-0.1, -0.05) is 62.4 Å². The second kappa shape index (κ2) is 10.9. The van der Waals surface area contributed by atoms with E-state index in [1.807, 2.05) is 30.3 Å². The number of aryl methyl sites for hydroxylation is 1. The lowest BCUT2D eigenvalue weighted by Crippen LogP contribution is -2.48. The normalized spacial score (nSPS) is 16.0. The molecular weight excluding hydrogens is 328 g/mol. The van der Waals surface area contributed by atoms with Gasteiger partial charge in [0.2, 0.25) is 18.1 Å². The lowest BCUT2D eigenvalue weighted by Gasteiger charge is -2.27. The molecule has 1 radical (unpaired) electrons. The van der Waals surface area contributed by atoms with Crippen molar-refractivity contribution in [2.45, 2.75) is 63.8 Å². The maximum Gasteiger partial charge on any atom is 0.246 e. The lowest BCUT2D eigenvalue weighted by atomic mass is 9.84. The summed E-state index contributed by atoms with van der Waals surface area (Å²) in [6.07, 6.45) is 9.64. The minimum Gasteiger partial charge on any atom is -0.320 e. The summed E-state index contributed by atoms with van der Waals surface area (Å²) in [7, 11) is 0. The van der Waals surface area contributed by atoms with Crippen LogP contribution in [-0.2, 0) is 20.8 Å². The predicted octanol–water partition coefficient (Wildman–Crippen LogP) is 2.77. The summed E-state index contributed by atoms with van der Waals surface area (Å²) >= 11 is 0. The number of rotatable bonds is 9. The first-order chi connectivity index (χ1) is 12.6. The molecule has 1 fully saturated rings. The number of nitrogens with zero attached hydrogens (tertiary/aromatic N) is 1. The molecule has 2 rings (SSSR count). The number of amides is 2. The summed E-state index contributed by atoms with van der Waals surface area (Å²) in [6.45, 7) is -0.332. The van der Waals surface area contributed by atoms with Gasteiger partial charge in [0.05, 0.1) is 12.6 Å². The maximum absolute atomic E-state index is 12.6. The second-order valence-electron chi connectivity index (χ2n) is 7.15. The van der Waals surface area contributed by atoms with Gasteiger partial charge in [0.15, 0.2) is 0 Å². The first kappa shape index (κ1) is 20.3. The van der Waals surface area contributed by atoms with E-state index < -0.39 is 11.9 Å². The highest BCUT2D eigenvalue weighted by Crippen LogP contribution is 2.27. The van der Waals surface area contributed by atoms with Crippen LogP contribution in [0, 0.1) is 5.92 Å². The average molecular weight is 357 g/mol. The Morgan fingerprint density at radius 1 is 1.15 bits per heavy atom. The first-order valence-electron chi connectivity index (χ1n) is 9.60. The molecule has 0 heterocycles. The highest BCUT2D eigenvalue weighted by molar-refractivity contribution is 5.99. The van der Waals surface area contributed by atoms with Gasteiger partial charge in [-0.15, -0.1) is 0 Å². The highest BCUT2D eigenvalue weighted by atomic mass is 16.2. The minimum absolute atomic E-state index is 0.221. The standard InChI is InChI=1S/C21H29N2O3/c22-19(16-18-10-5-2-6-11-18)21(26)23(14-15-24)20(25)13-7-12-17-8-3-1-4-9-17/h1,3-4,8-9,18-19H,2,5-7,10-14,16,22H2/t19-/m0/s1. The van der Waals surface area contributed by atoms with Crippen LogP contribution >= 0.6 is 0 Å². The Kier molecular flexibility index (Phi) is 8.48. The molecule has 141 valence electrons. The van der Waals surface area contributed by atoms with Gasteiger partial charge >= 0.3 is 0 Å². The van der Waals surface area contributed by atoms with E-state index in [0.29, 0.717) is 18.8 Å². The molecule has 1 aliphatic carbocycles. The molecule has 1 aliphatic rings. The molecule has 0 aromatic heterocycles. The number of benzene rings is 1. The summed E-state index contributed by atoms with van der Waals surface area (Å²) in [5.41, 5.74) is 7.21. The van der Waals surface area contributed by atoms with Crippen molar-refractivity contribution in [2.24, 2.45) is 11.7 Å². The number of hydrogen-bond acceptors (Lipinski definition) is 4. The second-order valence-corrected chi connectivity index (χ2v) is 7.15. The molecule has 0 unspecified atom stereocenters. The Morgan fingerprint density at radius 3 is 2.50 bits per heavy atom. The zero-order chi connectivity index (χ0) is 18.8. The summed E-state index contributed by atoms with van der Waals surface area (Å²) in [6, 6.07) is 9.16. The van der Waals surface area contributed by atoms with Crippen LogP contribution in [0.25, 0.3) is 0 Å². The van der Waals surface area contributed by atoms with Gasteiger partial charge in [-0.05, 0) is 30.7 Å².